The summed E-state index contributed by atoms with van der Waals surface area (Å²) in [7, 11) is 0. The van der Waals surface area contributed by atoms with Crippen LogP contribution in [0.25, 0.3) is 0 Å². The summed E-state index contributed by atoms with van der Waals surface area (Å²) in [4.78, 5) is 22.7. The predicted molar refractivity (Wildman–Crippen MR) is 72.6 cm³/mol. The molecule has 0 aliphatic rings. The van der Waals surface area contributed by atoms with Crippen LogP contribution in [0, 0.1) is 13.8 Å². The zero-order valence-corrected chi connectivity index (χ0v) is 11.6. The minimum absolute atomic E-state index is 0.0283. The second kappa shape index (κ2) is 6.33. The van der Waals surface area contributed by atoms with E-state index >= 15 is 0 Å². The first-order valence-corrected chi connectivity index (χ1v) is 6.07. The fourth-order valence-electron chi connectivity index (χ4n) is 1.65. The quantitative estimate of drug-likeness (QED) is 0.857. The Hall–Kier alpha value is -1.88. The van der Waals surface area contributed by atoms with E-state index < -0.39 is 5.97 Å². The number of carbonyl (C=O) groups excluding carboxylic acids is 1. The number of carboxylic acid groups (broad SMARTS) is 1. The molecule has 2 N–H and O–H groups in total. The highest BCUT2D eigenvalue weighted by Gasteiger charge is 2.12. The molecule has 104 valence electrons. The van der Waals surface area contributed by atoms with Gasteiger partial charge in [-0.15, -0.1) is 0 Å². The molecule has 0 heterocycles. The standard InChI is InChI=1S/C14H19NO4/c1-8(2)19-7-13(16)15-12-6-11(14(17)18)9(3)5-10(12)4/h5-6,8H,7H2,1-4H3,(H,15,16)(H,17,18). The van der Waals surface area contributed by atoms with Crippen LogP contribution in [0.4, 0.5) is 5.69 Å². The Morgan fingerprint density at radius 1 is 1.26 bits per heavy atom. The van der Waals surface area contributed by atoms with Crippen molar-refractivity contribution in [3.05, 3.63) is 28.8 Å². The van der Waals surface area contributed by atoms with Gasteiger partial charge >= 0.3 is 5.97 Å². The van der Waals surface area contributed by atoms with Gasteiger partial charge in [0.2, 0.25) is 5.91 Å². The van der Waals surface area contributed by atoms with E-state index in [2.05, 4.69) is 5.32 Å². The number of aryl methyl sites for hydroxylation is 2. The molecule has 0 atom stereocenters. The van der Waals surface area contributed by atoms with E-state index in [1.807, 2.05) is 20.8 Å². The lowest BCUT2D eigenvalue weighted by Crippen LogP contribution is -2.21. The van der Waals surface area contributed by atoms with Crippen LogP contribution < -0.4 is 5.32 Å². The number of nitrogens with one attached hydrogen (secondary N) is 1. The van der Waals surface area contributed by atoms with Crippen LogP contribution in [0.5, 0.6) is 0 Å². The van der Waals surface area contributed by atoms with Crippen molar-refractivity contribution in [2.75, 3.05) is 11.9 Å². The molecule has 5 heteroatoms. The molecule has 1 rings (SSSR count). The lowest BCUT2D eigenvalue weighted by atomic mass is 10.0. The first-order valence-electron chi connectivity index (χ1n) is 6.07. The van der Waals surface area contributed by atoms with E-state index in [-0.39, 0.29) is 24.2 Å². The van der Waals surface area contributed by atoms with Gasteiger partial charge in [0.25, 0.3) is 0 Å². The highest BCUT2D eigenvalue weighted by atomic mass is 16.5. The molecule has 0 aliphatic carbocycles. The third-order valence-electron chi connectivity index (χ3n) is 2.62. The minimum atomic E-state index is -1.01. The number of benzene rings is 1. The molecular weight excluding hydrogens is 246 g/mol. The normalized spacial score (nSPS) is 10.6. The Morgan fingerprint density at radius 2 is 1.89 bits per heavy atom. The molecule has 19 heavy (non-hydrogen) atoms. The van der Waals surface area contributed by atoms with E-state index in [0.29, 0.717) is 11.3 Å². The zero-order valence-electron chi connectivity index (χ0n) is 11.6. The summed E-state index contributed by atoms with van der Waals surface area (Å²) in [6.07, 6.45) is -0.0283. The maximum Gasteiger partial charge on any atom is 0.336 e. The average molecular weight is 265 g/mol. The molecule has 0 spiro atoms. The summed E-state index contributed by atoms with van der Waals surface area (Å²) >= 11 is 0. The van der Waals surface area contributed by atoms with Gasteiger partial charge in [0.15, 0.2) is 0 Å². The van der Waals surface area contributed by atoms with Crippen molar-refractivity contribution in [2.45, 2.75) is 33.8 Å². The summed E-state index contributed by atoms with van der Waals surface area (Å²) in [6.45, 7) is 7.18. The Kier molecular flexibility index (Phi) is 5.06. The van der Waals surface area contributed by atoms with Gasteiger partial charge in [0.1, 0.15) is 6.61 Å². The van der Waals surface area contributed by atoms with Gasteiger partial charge in [-0.3, -0.25) is 4.79 Å². The van der Waals surface area contributed by atoms with E-state index in [0.717, 1.165) is 5.56 Å². The second-order valence-electron chi connectivity index (χ2n) is 4.70. The number of aromatic carboxylic acids is 1. The molecule has 0 unspecified atom stereocenters. The summed E-state index contributed by atoms with van der Waals surface area (Å²) in [6, 6.07) is 3.21. The largest absolute Gasteiger partial charge is 0.478 e. The Balaban J connectivity index is 2.86. The second-order valence-corrected chi connectivity index (χ2v) is 4.70. The van der Waals surface area contributed by atoms with Crippen molar-refractivity contribution < 1.29 is 19.4 Å². The van der Waals surface area contributed by atoms with Crippen molar-refractivity contribution in [1.82, 2.24) is 0 Å². The number of rotatable bonds is 5. The molecule has 0 aliphatic heterocycles. The molecular formula is C14H19NO4. The molecule has 1 amide bonds. The topological polar surface area (TPSA) is 75.6 Å². The van der Waals surface area contributed by atoms with Crippen molar-refractivity contribution in [3.63, 3.8) is 0 Å². The maximum absolute atomic E-state index is 11.7. The van der Waals surface area contributed by atoms with Crippen LogP contribution in [0.1, 0.15) is 35.3 Å². The van der Waals surface area contributed by atoms with Crippen molar-refractivity contribution >= 4 is 17.6 Å². The van der Waals surface area contributed by atoms with Gasteiger partial charge in [0.05, 0.1) is 11.7 Å². The molecule has 0 aromatic heterocycles. The third-order valence-corrected chi connectivity index (χ3v) is 2.62. The first-order chi connectivity index (χ1) is 8.81. The van der Waals surface area contributed by atoms with Crippen molar-refractivity contribution in [3.8, 4) is 0 Å². The molecule has 0 fully saturated rings. The zero-order chi connectivity index (χ0) is 14.6. The Labute approximate surface area is 112 Å². The van der Waals surface area contributed by atoms with Gasteiger partial charge in [-0.25, -0.2) is 4.79 Å². The molecule has 0 saturated heterocycles. The van der Waals surface area contributed by atoms with Crippen LogP contribution in [0.3, 0.4) is 0 Å². The van der Waals surface area contributed by atoms with Crippen LogP contribution in [-0.2, 0) is 9.53 Å². The molecule has 0 bridgehead atoms. The fourth-order valence-corrected chi connectivity index (χ4v) is 1.65. The van der Waals surface area contributed by atoms with Crippen LogP contribution in [-0.4, -0.2) is 29.7 Å². The SMILES string of the molecule is Cc1cc(C)c(C(=O)O)cc1NC(=O)COC(C)C. The number of anilines is 1. The fraction of sp³-hybridized carbons (Fsp3) is 0.429. The van der Waals surface area contributed by atoms with Crippen molar-refractivity contribution in [1.29, 1.82) is 0 Å². The highest BCUT2D eigenvalue weighted by molar-refractivity contribution is 5.96. The first kappa shape index (κ1) is 15.2. The third kappa shape index (κ3) is 4.37. The summed E-state index contributed by atoms with van der Waals surface area (Å²) < 4.78 is 5.19. The van der Waals surface area contributed by atoms with Gasteiger partial charge in [-0.2, -0.15) is 0 Å². The van der Waals surface area contributed by atoms with E-state index in [4.69, 9.17) is 9.84 Å². The minimum Gasteiger partial charge on any atom is -0.478 e. The number of amides is 1. The van der Waals surface area contributed by atoms with Crippen molar-refractivity contribution in [2.24, 2.45) is 0 Å². The molecule has 1 aromatic rings. The predicted octanol–water partition coefficient (Wildman–Crippen LogP) is 2.37. The van der Waals surface area contributed by atoms with Gasteiger partial charge in [-0.05, 0) is 44.9 Å². The highest BCUT2D eigenvalue weighted by Crippen LogP contribution is 2.20. The molecule has 5 nitrogen and oxygen atoms in total. The van der Waals surface area contributed by atoms with Gasteiger partial charge in [0, 0.05) is 5.69 Å². The van der Waals surface area contributed by atoms with Gasteiger partial charge in [-0.1, -0.05) is 6.07 Å². The summed E-state index contributed by atoms with van der Waals surface area (Å²) in [5.41, 5.74) is 2.17. The lowest BCUT2D eigenvalue weighted by Gasteiger charge is -2.12. The van der Waals surface area contributed by atoms with E-state index in [1.54, 1.807) is 13.0 Å². The number of hydrogen-bond donors (Lipinski definition) is 2. The molecule has 1 aromatic carbocycles. The Bertz CT molecular complexity index is 494. The van der Waals surface area contributed by atoms with Crippen LogP contribution >= 0.6 is 0 Å². The number of ether oxygens (including phenoxy) is 1. The Morgan fingerprint density at radius 3 is 2.42 bits per heavy atom. The van der Waals surface area contributed by atoms with Crippen LogP contribution in [0.15, 0.2) is 12.1 Å². The number of carboxylic acids is 1. The van der Waals surface area contributed by atoms with E-state index in [9.17, 15) is 9.59 Å². The number of hydrogen-bond acceptors (Lipinski definition) is 3. The smallest absolute Gasteiger partial charge is 0.336 e. The summed E-state index contributed by atoms with van der Waals surface area (Å²) in [5, 5.41) is 11.7. The maximum atomic E-state index is 11.7. The van der Waals surface area contributed by atoms with Gasteiger partial charge < -0.3 is 15.2 Å². The van der Waals surface area contributed by atoms with Crippen LogP contribution in [0.2, 0.25) is 0 Å². The average Bonchev–Trinajstić information content (AvgIpc) is 2.29. The summed E-state index contributed by atoms with van der Waals surface area (Å²) in [5.74, 6) is -1.30. The van der Waals surface area contributed by atoms with E-state index in [1.165, 1.54) is 6.07 Å². The monoisotopic (exact) mass is 265 g/mol. The molecule has 0 radical (unpaired) electrons. The lowest BCUT2D eigenvalue weighted by molar-refractivity contribution is -0.121. The number of carbonyl (C=O) groups is 2. The molecule has 0 saturated carbocycles.